The lowest BCUT2D eigenvalue weighted by Crippen LogP contribution is -2.44. The highest BCUT2D eigenvalue weighted by molar-refractivity contribution is 6.30. The predicted molar refractivity (Wildman–Crippen MR) is 125 cm³/mol. The van der Waals surface area contributed by atoms with E-state index >= 15 is 0 Å². The zero-order chi connectivity index (χ0) is 22.5. The van der Waals surface area contributed by atoms with Crippen molar-refractivity contribution in [3.05, 3.63) is 101 Å². The molecule has 2 amide bonds. The van der Waals surface area contributed by atoms with Gasteiger partial charge in [0.2, 0.25) is 5.91 Å². The van der Waals surface area contributed by atoms with Gasteiger partial charge in [0, 0.05) is 34.9 Å². The SMILES string of the molecule is O=C(c1ccc(Cl)cc1)c1ccccc1C(=O)N1CCCC(C(=O)Nc2ccccc2)C1. The number of halogens is 1. The second-order valence-corrected chi connectivity index (χ2v) is 8.26. The molecule has 0 saturated carbocycles. The number of para-hydroxylation sites is 1. The van der Waals surface area contributed by atoms with Crippen LogP contribution in [0.4, 0.5) is 5.69 Å². The van der Waals surface area contributed by atoms with E-state index in [2.05, 4.69) is 5.32 Å². The van der Waals surface area contributed by atoms with Crippen LogP contribution in [-0.2, 0) is 4.79 Å². The van der Waals surface area contributed by atoms with E-state index in [1.165, 1.54) is 0 Å². The molecule has 3 aromatic rings. The van der Waals surface area contributed by atoms with E-state index in [0.29, 0.717) is 41.2 Å². The van der Waals surface area contributed by atoms with Crippen molar-refractivity contribution in [3.63, 3.8) is 0 Å². The topological polar surface area (TPSA) is 66.5 Å². The zero-order valence-electron chi connectivity index (χ0n) is 17.5. The Balaban J connectivity index is 1.51. The van der Waals surface area contributed by atoms with E-state index in [1.807, 2.05) is 30.3 Å². The highest BCUT2D eigenvalue weighted by Gasteiger charge is 2.30. The van der Waals surface area contributed by atoms with Gasteiger partial charge in [0.05, 0.1) is 11.5 Å². The summed E-state index contributed by atoms with van der Waals surface area (Å²) in [6.07, 6.45) is 1.44. The molecule has 32 heavy (non-hydrogen) atoms. The molecule has 0 aliphatic carbocycles. The van der Waals surface area contributed by atoms with Crippen LogP contribution in [0.5, 0.6) is 0 Å². The summed E-state index contributed by atoms with van der Waals surface area (Å²) >= 11 is 5.93. The van der Waals surface area contributed by atoms with Gasteiger partial charge >= 0.3 is 0 Å². The number of nitrogens with zero attached hydrogens (tertiary/aromatic N) is 1. The first-order valence-electron chi connectivity index (χ1n) is 10.6. The molecule has 1 atom stereocenters. The van der Waals surface area contributed by atoms with Crippen LogP contribution in [0.1, 0.15) is 39.1 Å². The average Bonchev–Trinajstić information content (AvgIpc) is 2.84. The smallest absolute Gasteiger partial charge is 0.254 e. The quantitative estimate of drug-likeness (QED) is 0.557. The Morgan fingerprint density at radius 2 is 1.50 bits per heavy atom. The number of piperidine rings is 1. The van der Waals surface area contributed by atoms with Crippen LogP contribution in [-0.4, -0.2) is 35.6 Å². The number of amides is 2. The molecule has 4 rings (SSSR count). The zero-order valence-corrected chi connectivity index (χ0v) is 18.2. The molecule has 3 aromatic carbocycles. The van der Waals surface area contributed by atoms with Crippen molar-refractivity contribution in [2.75, 3.05) is 18.4 Å². The molecule has 1 heterocycles. The van der Waals surface area contributed by atoms with Crippen LogP contribution in [0, 0.1) is 5.92 Å². The Morgan fingerprint density at radius 3 is 2.22 bits per heavy atom. The van der Waals surface area contributed by atoms with E-state index in [4.69, 9.17) is 11.6 Å². The fraction of sp³-hybridized carbons (Fsp3) is 0.192. The van der Waals surface area contributed by atoms with Crippen molar-refractivity contribution in [3.8, 4) is 0 Å². The van der Waals surface area contributed by atoms with Crippen LogP contribution >= 0.6 is 11.6 Å². The maximum Gasteiger partial charge on any atom is 0.254 e. The summed E-state index contributed by atoms with van der Waals surface area (Å²) in [5.41, 5.74) is 1.89. The number of rotatable bonds is 5. The van der Waals surface area contributed by atoms with Crippen LogP contribution < -0.4 is 5.32 Å². The van der Waals surface area contributed by atoms with Gasteiger partial charge in [0.15, 0.2) is 5.78 Å². The lowest BCUT2D eigenvalue weighted by molar-refractivity contribution is -0.121. The number of carbonyl (C=O) groups excluding carboxylic acids is 3. The molecule has 0 aromatic heterocycles. The summed E-state index contributed by atoms with van der Waals surface area (Å²) in [5, 5.41) is 3.47. The van der Waals surface area contributed by atoms with E-state index in [-0.39, 0.29) is 23.5 Å². The van der Waals surface area contributed by atoms with Gasteiger partial charge in [-0.1, -0.05) is 48.0 Å². The number of hydrogen-bond donors (Lipinski definition) is 1. The minimum absolute atomic E-state index is 0.0979. The summed E-state index contributed by atoms with van der Waals surface area (Å²) in [4.78, 5) is 40.8. The van der Waals surface area contributed by atoms with Crippen molar-refractivity contribution in [1.82, 2.24) is 4.90 Å². The van der Waals surface area contributed by atoms with Crippen LogP contribution in [0.15, 0.2) is 78.9 Å². The van der Waals surface area contributed by atoms with Gasteiger partial charge in [0.25, 0.3) is 5.91 Å². The number of carbonyl (C=O) groups is 3. The van der Waals surface area contributed by atoms with Crippen LogP contribution in [0.2, 0.25) is 5.02 Å². The first-order chi connectivity index (χ1) is 15.5. The number of benzene rings is 3. The first-order valence-corrected chi connectivity index (χ1v) is 10.9. The largest absolute Gasteiger partial charge is 0.338 e. The standard InChI is InChI=1S/C26H23ClN2O3/c27-20-14-12-18(13-15-20)24(30)22-10-4-5-11-23(22)26(32)29-16-6-7-19(17-29)25(31)28-21-8-2-1-3-9-21/h1-5,8-15,19H,6-7,16-17H2,(H,28,31). The number of likely N-dealkylation sites (tertiary alicyclic amines) is 1. The maximum atomic E-state index is 13.4. The second kappa shape index (κ2) is 9.79. The molecule has 0 spiro atoms. The van der Waals surface area contributed by atoms with E-state index < -0.39 is 0 Å². The summed E-state index contributed by atoms with van der Waals surface area (Å²) in [5.74, 6) is -0.868. The molecule has 5 nitrogen and oxygen atoms in total. The number of hydrogen-bond acceptors (Lipinski definition) is 3. The van der Waals surface area contributed by atoms with Gasteiger partial charge in [0.1, 0.15) is 0 Å². The number of anilines is 1. The molecule has 6 heteroatoms. The number of nitrogens with one attached hydrogen (secondary N) is 1. The van der Waals surface area contributed by atoms with E-state index in [1.54, 1.807) is 53.4 Å². The molecular weight excluding hydrogens is 424 g/mol. The maximum absolute atomic E-state index is 13.4. The van der Waals surface area contributed by atoms with Gasteiger partial charge in [-0.05, 0) is 55.3 Å². The lowest BCUT2D eigenvalue weighted by Gasteiger charge is -2.32. The molecular formula is C26H23ClN2O3. The molecule has 1 aliphatic heterocycles. The highest BCUT2D eigenvalue weighted by atomic mass is 35.5. The molecule has 1 fully saturated rings. The van der Waals surface area contributed by atoms with Crippen LogP contribution in [0.3, 0.4) is 0 Å². The average molecular weight is 447 g/mol. The Hall–Kier alpha value is -3.44. The molecule has 1 aliphatic rings. The Kier molecular flexibility index (Phi) is 6.66. The van der Waals surface area contributed by atoms with Crippen molar-refractivity contribution in [2.45, 2.75) is 12.8 Å². The third-order valence-electron chi connectivity index (χ3n) is 5.63. The molecule has 0 radical (unpaired) electrons. The van der Waals surface area contributed by atoms with Gasteiger partial charge in [-0.25, -0.2) is 0 Å². The minimum atomic E-state index is -0.299. The minimum Gasteiger partial charge on any atom is -0.338 e. The Morgan fingerprint density at radius 1 is 0.844 bits per heavy atom. The molecule has 162 valence electrons. The normalized spacial score (nSPS) is 15.8. The van der Waals surface area contributed by atoms with Crippen LogP contribution in [0.25, 0.3) is 0 Å². The van der Waals surface area contributed by atoms with Gasteiger partial charge in [-0.3, -0.25) is 14.4 Å². The summed E-state index contributed by atoms with van der Waals surface area (Å²) in [6.45, 7) is 0.873. The van der Waals surface area contributed by atoms with E-state index in [9.17, 15) is 14.4 Å². The van der Waals surface area contributed by atoms with Crippen molar-refractivity contribution < 1.29 is 14.4 Å². The van der Waals surface area contributed by atoms with Gasteiger partial charge < -0.3 is 10.2 Å². The lowest BCUT2D eigenvalue weighted by atomic mass is 9.94. The summed E-state index contributed by atoms with van der Waals surface area (Å²) < 4.78 is 0. The molecule has 1 saturated heterocycles. The monoisotopic (exact) mass is 446 g/mol. The molecule has 0 bridgehead atoms. The highest BCUT2D eigenvalue weighted by Crippen LogP contribution is 2.23. The van der Waals surface area contributed by atoms with Gasteiger partial charge in [-0.2, -0.15) is 0 Å². The van der Waals surface area contributed by atoms with Crippen molar-refractivity contribution in [2.24, 2.45) is 5.92 Å². The summed E-state index contributed by atoms with van der Waals surface area (Å²) in [6, 6.07) is 22.7. The molecule has 1 N–H and O–H groups in total. The number of ketones is 1. The third-order valence-corrected chi connectivity index (χ3v) is 5.88. The fourth-order valence-corrected chi connectivity index (χ4v) is 4.06. The fourth-order valence-electron chi connectivity index (χ4n) is 3.94. The third kappa shape index (κ3) is 4.89. The van der Waals surface area contributed by atoms with E-state index in [0.717, 1.165) is 12.1 Å². The summed E-state index contributed by atoms with van der Waals surface area (Å²) in [7, 11) is 0. The Bertz CT molecular complexity index is 1130. The van der Waals surface area contributed by atoms with Crippen molar-refractivity contribution in [1.29, 1.82) is 0 Å². The predicted octanol–water partition coefficient (Wildman–Crippen LogP) is 5.06. The first kappa shape index (κ1) is 21.8. The second-order valence-electron chi connectivity index (χ2n) is 7.83. The Labute approximate surface area is 192 Å². The van der Waals surface area contributed by atoms with Crippen molar-refractivity contribution >= 4 is 34.9 Å². The van der Waals surface area contributed by atoms with Gasteiger partial charge in [-0.15, -0.1) is 0 Å². The molecule has 1 unspecified atom stereocenters.